The van der Waals surface area contributed by atoms with Gasteiger partial charge in [0.05, 0.1) is 16.3 Å². The predicted molar refractivity (Wildman–Crippen MR) is 126 cm³/mol. The lowest BCUT2D eigenvalue weighted by atomic mass is 9.93. The van der Waals surface area contributed by atoms with Crippen molar-refractivity contribution in [3.63, 3.8) is 0 Å². The van der Waals surface area contributed by atoms with E-state index in [9.17, 15) is 18.4 Å². The molecule has 0 aliphatic heterocycles. The van der Waals surface area contributed by atoms with Gasteiger partial charge < -0.3 is 5.21 Å². The first-order chi connectivity index (χ1) is 15.9. The monoisotopic (exact) mass is 439 g/mol. The van der Waals surface area contributed by atoms with Crippen LogP contribution in [0.3, 0.4) is 0 Å². The van der Waals surface area contributed by atoms with Crippen LogP contribution in [0.2, 0.25) is 0 Å². The van der Waals surface area contributed by atoms with E-state index in [4.69, 9.17) is 0 Å². The highest BCUT2D eigenvalue weighted by molar-refractivity contribution is 6.27. The Balaban J connectivity index is 1.77. The molecule has 0 bridgehead atoms. The Morgan fingerprint density at radius 2 is 1.18 bits per heavy atom. The Kier molecular flexibility index (Phi) is 4.11. The van der Waals surface area contributed by atoms with Crippen molar-refractivity contribution < 1.29 is 17.9 Å². The van der Waals surface area contributed by atoms with Gasteiger partial charge in [-0.25, -0.2) is 0 Å². The molecule has 6 aromatic rings. The average molecular weight is 439 g/mol. The summed E-state index contributed by atoms with van der Waals surface area (Å²) in [5.74, 6) is 0. The standard InChI is InChI=1S/C28H16F3NO/c29-28(30,31)20-14-11-19(12-15-20)27-23-8-4-3-7-22(23)26-24(32(27)33)16-13-18-10-9-17-5-1-2-6-21(17)25(18)26/h1-16H. The van der Waals surface area contributed by atoms with Gasteiger partial charge in [0.2, 0.25) is 11.2 Å². The third-order valence-electron chi connectivity index (χ3n) is 6.25. The summed E-state index contributed by atoms with van der Waals surface area (Å²) < 4.78 is 40.1. The topological polar surface area (TPSA) is 26.9 Å². The van der Waals surface area contributed by atoms with Gasteiger partial charge in [-0.3, -0.25) is 0 Å². The van der Waals surface area contributed by atoms with Crippen LogP contribution in [0.25, 0.3) is 54.5 Å². The molecule has 0 radical (unpaired) electrons. The number of hydrogen-bond acceptors (Lipinski definition) is 1. The average Bonchev–Trinajstić information content (AvgIpc) is 2.83. The molecule has 0 unspecified atom stereocenters. The normalized spacial score (nSPS) is 12.2. The fourth-order valence-corrected chi connectivity index (χ4v) is 4.76. The Hall–Kier alpha value is -4.12. The molecule has 0 atom stereocenters. The molecule has 5 aromatic carbocycles. The van der Waals surface area contributed by atoms with Crippen LogP contribution >= 0.6 is 0 Å². The van der Waals surface area contributed by atoms with Crippen LogP contribution in [0.5, 0.6) is 0 Å². The highest BCUT2D eigenvalue weighted by atomic mass is 19.4. The molecule has 0 aliphatic carbocycles. The predicted octanol–water partition coefficient (Wildman–Crippen LogP) is 7.62. The van der Waals surface area contributed by atoms with Crippen molar-refractivity contribution in [3.05, 3.63) is 108 Å². The third kappa shape index (κ3) is 2.93. The van der Waals surface area contributed by atoms with Crippen LogP contribution in [0, 0.1) is 5.21 Å². The van der Waals surface area contributed by atoms with Gasteiger partial charge in [-0.2, -0.15) is 17.9 Å². The Labute approximate surface area is 186 Å². The number of rotatable bonds is 1. The van der Waals surface area contributed by atoms with Crippen molar-refractivity contribution in [1.82, 2.24) is 0 Å². The van der Waals surface area contributed by atoms with Crippen LogP contribution in [0.1, 0.15) is 5.56 Å². The maximum atomic E-state index is 13.7. The van der Waals surface area contributed by atoms with E-state index in [0.717, 1.165) is 49.2 Å². The molecule has 160 valence electrons. The van der Waals surface area contributed by atoms with E-state index >= 15 is 0 Å². The van der Waals surface area contributed by atoms with Crippen molar-refractivity contribution in [2.75, 3.05) is 0 Å². The Morgan fingerprint density at radius 1 is 0.576 bits per heavy atom. The second-order valence-corrected chi connectivity index (χ2v) is 8.11. The number of fused-ring (bicyclic) bond motifs is 7. The van der Waals surface area contributed by atoms with Crippen molar-refractivity contribution in [1.29, 1.82) is 0 Å². The fraction of sp³-hybridized carbons (Fsp3) is 0.0357. The highest BCUT2D eigenvalue weighted by Gasteiger charge is 2.30. The van der Waals surface area contributed by atoms with Crippen LogP contribution in [-0.4, -0.2) is 0 Å². The zero-order chi connectivity index (χ0) is 22.7. The van der Waals surface area contributed by atoms with Crippen molar-refractivity contribution in [2.45, 2.75) is 6.18 Å². The van der Waals surface area contributed by atoms with Gasteiger partial charge in [0, 0.05) is 22.4 Å². The number of hydrogen-bond donors (Lipinski definition) is 0. The summed E-state index contributed by atoms with van der Waals surface area (Å²) in [5.41, 5.74) is 0.513. The molecule has 0 N–H and O–H groups in total. The van der Waals surface area contributed by atoms with Gasteiger partial charge >= 0.3 is 6.18 Å². The lowest BCUT2D eigenvalue weighted by Gasteiger charge is -2.15. The summed E-state index contributed by atoms with van der Waals surface area (Å²) in [6.07, 6.45) is -4.43. The molecule has 1 heterocycles. The first-order valence-electron chi connectivity index (χ1n) is 10.5. The minimum absolute atomic E-state index is 0.339. The molecule has 1 aromatic heterocycles. The molecule has 0 aliphatic rings. The maximum Gasteiger partial charge on any atom is 0.416 e. The van der Waals surface area contributed by atoms with E-state index in [-0.39, 0.29) is 0 Å². The molecular weight excluding hydrogens is 423 g/mol. The molecule has 5 heteroatoms. The summed E-state index contributed by atoms with van der Waals surface area (Å²) in [4.78, 5) is 0. The number of aromatic nitrogens is 1. The summed E-state index contributed by atoms with van der Waals surface area (Å²) >= 11 is 0. The highest BCUT2D eigenvalue weighted by Crippen LogP contribution is 2.38. The number of nitrogens with zero attached hydrogens (tertiary/aromatic N) is 1. The second kappa shape index (κ2) is 6.94. The number of halogens is 3. The van der Waals surface area contributed by atoms with Crippen LogP contribution in [-0.2, 0) is 6.18 Å². The summed E-state index contributed by atoms with van der Waals surface area (Å²) in [6, 6.07) is 28.2. The minimum atomic E-state index is -4.43. The van der Waals surface area contributed by atoms with Crippen molar-refractivity contribution >= 4 is 43.2 Å². The lowest BCUT2D eigenvalue weighted by Crippen LogP contribution is -2.30. The van der Waals surface area contributed by atoms with Gasteiger partial charge in [0.15, 0.2) is 0 Å². The zero-order valence-corrected chi connectivity index (χ0v) is 17.2. The zero-order valence-electron chi connectivity index (χ0n) is 17.2. The van der Waals surface area contributed by atoms with Gasteiger partial charge in [-0.1, -0.05) is 54.6 Å². The summed E-state index contributed by atoms with van der Waals surface area (Å²) in [6.45, 7) is 0. The molecule has 0 amide bonds. The molecule has 0 saturated carbocycles. The molecule has 33 heavy (non-hydrogen) atoms. The summed E-state index contributed by atoms with van der Waals surface area (Å²) in [5, 5.41) is 20.3. The van der Waals surface area contributed by atoms with E-state index in [1.54, 1.807) is 6.07 Å². The van der Waals surface area contributed by atoms with Crippen LogP contribution < -0.4 is 4.73 Å². The third-order valence-corrected chi connectivity index (χ3v) is 6.25. The van der Waals surface area contributed by atoms with Crippen LogP contribution in [0.15, 0.2) is 97.1 Å². The van der Waals surface area contributed by atoms with Gasteiger partial charge in [0.25, 0.3) is 0 Å². The van der Waals surface area contributed by atoms with E-state index in [0.29, 0.717) is 22.2 Å². The van der Waals surface area contributed by atoms with E-state index in [2.05, 4.69) is 6.07 Å². The Bertz CT molecular complexity index is 1700. The van der Waals surface area contributed by atoms with Gasteiger partial charge in [0.1, 0.15) is 0 Å². The molecule has 0 saturated heterocycles. The molecule has 2 nitrogen and oxygen atoms in total. The van der Waals surface area contributed by atoms with Crippen LogP contribution in [0.4, 0.5) is 13.2 Å². The SMILES string of the molecule is [O-][n+]1c(-c2ccc(C(F)(F)F)cc2)c2ccccc2c2c3c(ccc4ccccc43)ccc21. The first-order valence-corrected chi connectivity index (χ1v) is 10.5. The molecule has 0 fully saturated rings. The molecule has 0 spiro atoms. The summed E-state index contributed by atoms with van der Waals surface area (Å²) in [7, 11) is 0. The lowest BCUT2D eigenvalue weighted by molar-refractivity contribution is -0.563. The minimum Gasteiger partial charge on any atom is -0.618 e. The van der Waals surface area contributed by atoms with Gasteiger partial charge in [-0.15, -0.1) is 0 Å². The first kappa shape index (κ1) is 19.6. The van der Waals surface area contributed by atoms with E-state index < -0.39 is 11.7 Å². The number of pyridine rings is 1. The van der Waals surface area contributed by atoms with E-state index in [1.807, 2.05) is 60.7 Å². The maximum absolute atomic E-state index is 13.7. The van der Waals surface area contributed by atoms with E-state index in [1.165, 1.54) is 12.1 Å². The van der Waals surface area contributed by atoms with Crippen molar-refractivity contribution in [2.24, 2.45) is 0 Å². The smallest absolute Gasteiger partial charge is 0.416 e. The number of alkyl halides is 3. The largest absolute Gasteiger partial charge is 0.618 e. The van der Waals surface area contributed by atoms with Gasteiger partial charge in [-0.05, 0) is 52.6 Å². The van der Waals surface area contributed by atoms with Crippen molar-refractivity contribution in [3.8, 4) is 11.3 Å². The quantitative estimate of drug-likeness (QED) is 0.147. The Morgan fingerprint density at radius 3 is 1.91 bits per heavy atom. The fourth-order valence-electron chi connectivity index (χ4n) is 4.76. The second-order valence-electron chi connectivity index (χ2n) is 8.11. The number of benzene rings is 5. The molecular formula is C28H16F3NO. The molecule has 6 rings (SSSR count).